The molecule has 0 saturated carbocycles. The summed E-state index contributed by atoms with van der Waals surface area (Å²) >= 11 is 5.77. The summed E-state index contributed by atoms with van der Waals surface area (Å²) in [6, 6.07) is 1.47. The second-order valence-electron chi connectivity index (χ2n) is 4.82. The van der Waals surface area contributed by atoms with Crippen molar-refractivity contribution in [2.24, 2.45) is 0 Å². The van der Waals surface area contributed by atoms with E-state index in [9.17, 15) is 4.39 Å². The van der Waals surface area contributed by atoms with Gasteiger partial charge < -0.3 is 16.8 Å². The van der Waals surface area contributed by atoms with Crippen LogP contribution in [0.4, 0.5) is 21.5 Å². The van der Waals surface area contributed by atoms with E-state index in [1.807, 2.05) is 13.8 Å². The molecule has 0 spiro atoms. The fraction of sp³-hybridized carbons (Fsp3) is 0.500. The maximum absolute atomic E-state index is 13.9. The molecule has 0 fully saturated rings. The zero-order valence-corrected chi connectivity index (χ0v) is 11.2. The minimum atomic E-state index is -0.589. The zero-order chi connectivity index (χ0) is 13.2. The number of rotatable bonds is 4. The third kappa shape index (κ3) is 3.16. The van der Waals surface area contributed by atoms with Crippen LogP contribution in [0.15, 0.2) is 6.07 Å². The first-order valence-electron chi connectivity index (χ1n) is 5.59. The fourth-order valence-electron chi connectivity index (χ4n) is 1.82. The number of nitrogens with one attached hydrogen (secondary N) is 1. The largest absolute Gasteiger partial charge is 0.397 e. The van der Waals surface area contributed by atoms with E-state index in [4.69, 9.17) is 23.1 Å². The first kappa shape index (κ1) is 13.9. The Labute approximate surface area is 106 Å². The Balaban J connectivity index is 3.11. The molecule has 0 heterocycles. The lowest BCUT2D eigenvalue weighted by molar-refractivity contribution is 0.505. The summed E-state index contributed by atoms with van der Waals surface area (Å²) in [5.41, 5.74) is 11.7. The molecule has 0 aliphatic carbocycles. The molecule has 96 valence electrons. The molecule has 3 nitrogen and oxygen atoms in total. The van der Waals surface area contributed by atoms with E-state index in [0.29, 0.717) is 0 Å². The van der Waals surface area contributed by atoms with Gasteiger partial charge in [0.25, 0.3) is 0 Å². The molecule has 1 aromatic rings. The van der Waals surface area contributed by atoms with Crippen LogP contribution in [0, 0.1) is 5.82 Å². The van der Waals surface area contributed by atoms with Crippen molar-refractivity contribution in [3.63, 3.8) is 0 Å². The highest BCUT2D eigenvalue weighted by atomic mass is 35.5. The van der Waals surface area contributed by atoms with Gasteiger partial charge in [0.05, 0.1) is 17.1 Å². The second-order valence-corrected chi connectivity index (χ2v) is 5.19. The molecular formula is C12H19ClFN3. The van der Waals surface area contributed by atoms with E-state index in [2.05, 4.69) is 12.2 Å². The maximum atomic E-state index is 13.9. The summed E-state index contributed by atoms with van der Waals surface area (Å²) in [6.07, 6.45) is 1.89. The standard InChI is InChI=1S/C12H19ClFN3/c1-4-5-12(2,3)17-11-8(16)6-7(15)9(13)10(11)14/h6,17H,4-5,15-16H2,1-3H3. The number of halogens is 2. The molecule has 5 heteroatoms. The van der Waals surface area contributed by atoms with Crippen LogP contribution < -0.4 is 16.8 Å². The van der Waals surface area contributed by atoms with Crippen molar-refractivity contribution in [1.29, 1.82) is 0 Å². The van der Waals surface area contributed by atoms with E-state index in [1.165, 1.54) is 6.07 Å². The van der Waals surface area contributed by atoms with E-state index in [-0.39, 0.29) is 27.6 Å². The minimum Gasteiger partial charge on any atom is -0.397 e. The first-order chi connectivity index (χ1) is 7.78. The van der Waals surface area contributed by atoms with Crippen LogP contribution in [-0.4, -0.2) is 5.54 Å². The first-order valence-corrected chi connectivity index (χ1v) is 5.97. The molecule has 0 amide bonds. The van der Waals surface area contributed by atoms with Crippen molar-refractivity contribution < 1.29 is 4.39 Å². The van der Waals surface area contributed by atoms with Gasteiger partial charge in [-0.2, -0.15) is 0 Å². The molecule has 1 aromatic carbocycles. The fourth-order valence-corrected chi connectivity index (χ4v) is 1.97. The molecule has 0 saturated heterocycles. The van der Waals surface area contributed by atoms with Crippen molar-refractivity contribution in [3.05, 3.63) is 16.9 Å². The van der Waals surface area contributed by atoms with Crippen LogP contribution in [-0.2, 0) is 0 Å². The van der Waals surface area contributed by atoms with Crippen molar-refractivity contribution in [2.75, 3.05) is 16.8 Å². The number of hydrogen-bond acceptors (Lipinski definition) is 3. The van der Waals surface area contributed by atoms with Crippen LogP contribution in [0.5, 0.6) is 0 Å². The summed E-state index contributed by atoms with van der Waals surface area (Å²) in [6.45, 7) is 6.04. The van der Waals surface area contributed by atoms with Gasteiger partial charge in [0.15, 0.2) is 5.82 Å². The van der Waals surface area contributed by atoms with Gasteiger partial charge >= 0.3 is 0 Å². The molecule has 1 rings (SSSR count). The molecule has 0 unspecified atom stereocenters. The van der Waals surface area contributed by atoms with Gasteiger partial charge in [-0.3, -0.25) is 0 Å². The van der Waals surface area contributed by atoms with Crippen LogP contribution in [0.25, 0.3) is 0 Å². The topological polar surface area (TPSA) is 64.1 Å². The molecule has 0 radical (unpaired) electrons. The Kier molecular flexibility index (Phi) is 4.09. The maximum Gasteiger partial charge on any atom is 0.169 e. The van der Waals surface area contributed by atoms with Gasteiger partial charge in [0, 0.05) is 5.54 Å². The minimum absolute atomic E-state index is 0.0889. The van der Waals surface area contributed by atoms with Gasteiger partial charge in [0.1, 0.15) is 5.02 Å². The van der Waals surface area contributed by atoms with E-state index < -0.39 is 5.82 Å². The molecule has 0 aliphatic rings. The number of nitrogens with two attached hydrogens (primary N) is 2. The predicted octanol–water partition coefficient (Wildman–Crippen LogP) is 3.63. The lowest BCUT2D eigenvalue weighted by Crippen LogP contribution is -2.31. The van der Waals surface area contributed by atoms with E-state index in [1.54, 1.807) is 0 Å². The third-order valence-corrected chi connectivity index (χ3v) is 2.99. The predicted molar refractivity (Wildman–Crippen MR) is 72.8 cm³/mol. The molecule has 0 atom stereocenters. The summed E-state index contributed by atoms with van der Waals surface area (Å²) < 4.78 is 13.9. The van der Waals surface area contributed by atoms with Gasteiger partial charge in [-0.15, -0.1) is 0 Å². The van der Waals surface area contributed by atoms with E-state index in [0.717, 1.165) is 12.8 Å². The highest BCUT2D eigenvalue weighted by Gasteiger charge is 2.21. The second kappa shape index (κ2) is 5.00. The SMILES string of the molecule is CCCC(C)(C)Nc1c(N)cc(N)c(Cl)c1F. The van der Waals surface area contributed by atoms with Crippen LogP contribution in [0.2, 0.25) is 5.02 Å². The highest BCUT2D eigenvalue weighted by molar-refractivity contribution is 6.33. The van der Waals surface area contributed by atoms with Crippen molar-refractivity contribution in [1.82, 2.24) is 0 Å². The smallest absolute Gasteiger partial charge is 0.169 e. The Morgan fingerprint density at radius 2 is 1.94 bits per heavy atom. The van der Waals surface area contributed by atoms with Gasteiger partial charge in [-0.1, -0.05) is 24.9 Å². The summed E-state index contributed by atoms with van der Waals surface area (Å²) in [4.78, 5) is 0. The van der Waals surface area contributed by atoms with Gasteiger partial charge in [0.2, 0.25) is 0 Å². The Morgan fingerprint density at radius 1 is 1.35 bits per heavy atom. The summed E-state index contributed by atoms with van der Waals surface area (Å²) in [7, 11) is 0. The van der Waals surface area contributed by atoms with Crippen LogP contribution in [0.1, 0.15) is 33.6 Å². The number of benzene rings is 1. The summed E-state index contributed by atoms with van der Waals surface area (Å²) in [5, 5.41) is 2.99. The summed E-state index contributed by atoms with van der Waals surface area (Å²) in [5.74, 6) is -0.589. The Hall–Kier alpha value is -1.16. The molecule has 0 aliphatic heterocycles. The van der Waals surface area contributed by atoms with Crippen LogP contribution >= 0.6 is 11.6 Å². The zero-order valence-electron chi connectivity index (χ0n) is 10.4. The quantitative estimate of drug-likeness (QED) is 0.724. The van der Waals surface area contributed by atoms with Crippen molar-refractivity contribution >= 4 is 28.7 Å². The average Bonchev–Trinajstić information content (AvgIpc) is 2.21. The lowest BCUT2D eigenvalue weighted by atomic mass is 9.98. The average molecular weight is 260 g/mol. The number of hydrogen-bond donors (Lipinski definition) is 3. The molecule has 5 N–H and O–H groups in total. The third-order valence-electron chi connectivity index (χ3n) is 2.60. The van der Waals surface area contributed by atoms with Gasteiger partial charge in [-0.05, 0) is 26.3 Å². The lowest BCUT2D eigenvalue weighted by Gasteiger charge is -2.28. The molecule has 0 aromatic heterocycles. The molecule has 0 bridgehead atoms. The monoisotopic (exact) mass is 259 g/mol. The molecular weight excluding hydrogens is 241 g/mol. The normalized spacial score (nSPS) is 11.6. The Bertz CT molecular complexity index is 419. The van der Waals surface area contributed by atoms with Crippen molar-refractivity contribution in [2.45, 2.75) is 39.2 Å². The number of anilines is 3. The number of nitrogen functional groups attached to an aromatic ring is 2. The van der Waals surface area contributed by atoms with Crippen LogP contribution in [0.3, 0.4) is 0 Å². The van der Waals surface area contributed by atoms with E-state index >= 15 is 0 Å². The highest BCUT2D eigenvalue weighted by Crippen LogP contribution is 2.35. The Morgan fingerprint density at radius 3 is 2.47 bits per heavy atom. The van der Waals surface area contributed by atoms with Crippen molar-refractivity contribution in [3.8, 4) is 0 Å². The molecule has 17 heavy (non-hydrogen) atoms. The van der Waals surface area contributed by atoms with Gasteiger partial charge in [-0.25, -0.2) is 4.39 Å².